The Balaban J connectivity index is 2.90. The Kier molecular flexibility index (Phi) is 4.14. The van der Waals surface area contributed by atoms with E-state index in [4.69, 9.17) is 5.73 Å². The minimum atomic E-state index is -3.14. The lowest BCUT2D eigenvalue weighted by molar-refractivity contribution is 0.226. The standard InChI is InChI=1S/C10H22N2O2S/c1-8(2)15(13,14)12-7-5-4-6-10(12)9(3)11/h8-10H,4-7,11H2,1-3H3. The van der Waals surface area contributed by atoms with Crippen molar-refractivity contribution >= 4 is 10.0 Å². The van der Waals surface area contributed by atoms with Gasteiger partial charge >= 0.3 is 0 Å². The topological polar surface area (TPSA) is 63.4 Å². The molecule has 1 fully saturated rings. The molecule has 0 amide bonds. The van der Waals surface area contributed by atoms with Crippen molar-refractivity contribution in [1.29, 1.82) is 0 Å². The Labute approximate surface area is 92.9 Å². The first-order chi connectivity index (χ1) is 6.87. The van der Waals surface area contributed by atoms with E-state index in [0.29, 0.717) is 6.54 Å². The minimum Gasteiger partial charge on any atom is -0.326 e. The van der Waals surface area contributed by atoms with E-state index in [1.165, 1.54) is 0 Å². The molecule has 5 heteroatoms. The van der Waals surface area contributed by atoms with Crippen molar-refractivity contribution in [3.05, 3.63) is 0 Å². The Morgan fingerprint density at radius 3 is 2.33 bits per heavy atom. The van der Waals surface area contributed by atoms with Crippen LogP contribution in [0.2, 0.25) is 0 Å². The summed E-state index contributed by atoms with van der Waals surface area (Å²) in [5, 5.41) is -0.350. The molecular formula is C10H22N2O2S. The third-order valence-electron chi connectivity index (χ3n) is 3.03. The van der Waals surface area contributed by atoms with Gasteiger partial charge in [0, 0.05) is 18.6 Å². The zero-order chi connectivity index (χ0) is 11.6. The number of hydrogen-bond acceptors (Lipinski definition) is 3. The van der Waals surface area contributed by atoms with Crippen LogP contribution >= 0.6 is 0 Å². The van der Waals surface area contributed by atoms with Gasteiger partial charge in [-0.3, -0.25) is 0 Å². The summed E-state index contributed by atoms with van der Waals surface area (Å²) in [6.45, 7) is 5.97. The maximum absolute atomic E-state index is 12.1. The number of nitrogens with two attached hydrogens (primary N) is 1. The van der Waals surface area contributed by atoms with E-state index in [2.05, 4.69) is 0 Å². The van der Waals surface area contributed by atoms with Crippen LogP contribution in [0, 0.1) is 0 Å². The van der Waals surface area contributed by atoms with Crippen LogP contribution < -0.4 is 5.73 Å². The molecule has 0 spiro atoms. The smallest absolute Gasteiger partial charge is 0.216 e. The molecule has 1 heterocycles. The second kappa shape index (κ2) is 4.80. The molecule has 0 aliphatic carbocycles. The molecule has 2 atom stereocenters. The summed E-state index contributed by atoms with van der Waals surface area (Å²) in [4.78, 5) is 0. The molecule has 0 radical (unpaired) electrons. The summed E-state index contributed by atoms with van der Waals surface area (Å²) in [5.74, 6) is 0. The summed E-state index contributed by atoms with van der Waals surface area (Å²) in [6, 6.07) is -0.0926. The minimum absolute atomic E-state index is 0.00819. The zero-order valence-corrected chi connectivity index (χ0v) is 10.6. The van der Waals surface area contributed by atoms with Gasteiger partial charge in [0.1, 0.15) is 0 Å². The second-order valence-electron chi connectivity index (χ2n) is 4.63. The average molecular weight is 234 g/mol. The fourth-order valence-electron chi connectivity index (χ4n) is 2.04. The molecule has 0 saturated carbocycles. The number of rotatable bonds is 3. The van der Waals surface area contributed by atoms with Crippen LogP contribution in [0.15, 0.2) is 0 Å². The molecule has 2 N–H and O–H groups in total. The maximum atomic E-state index is 12.1. The molecule has 1 rings (SSSR count). The third-order valence-corrected chi connectivity index (χ3v) is 5.33. The van der Waals surface area contributed by atoms with Gasteiger partial charge in [-0.1, -0.05) is 6.42 Å². The van der Waals surface area contributed by atoms with Crippen molar-refractivity contribution in [3.63, 3.8) is 0 Å². The molecule has 1 aliphatic rings. The molecule has 0 aromatic heterocycles. The van der Waals surface area contributed by atoms with Gasteiger partial charge in [-0.15, -0.1) is 0 Å². The Morgan fingerprint density at radius 1 is 1.27 bits per heavy atom. The highest BCUT2D eigenvalue weighted by Crippen LogP contribution is 2.24. The van der Waals surface area contributed by atoms with E-state index in [1.807, 2.05) is 6.92 Å². The van der Waals surface area contributed by atoms with E-state index >= 15 is 0 Å². The lowest BCUT2D eigenvalue weighted by Gasteiger charge is -2.37. The Hall–Kier alpha value is -0.130. The van der Waals surface area contributed by atoms with Crippen LogP contribution in [-0.4, -0.2) is 36.6 Å². The van der Waals surface area contributed by atoms with E-state index in [9.17, 15) is 8.42 Å². The molecule has 15 heavy (non-hydrogen) atoms. The van der Waals surface area contributed by atoms with Crippen LogP contribution in [0.3, 0.4) is 0 Å². The lowest BCUT2D eigenvalue weighted by Crippen LogP contribution is -2.53. The van der Waals surface area contributed by atoms with E-state index in [0.717, 1.165) is 19.3 Å². The highest BCUT2D eigenvalue weighted by atomic mass is 32.2. The highest BCUT2D eigenvalue weighted by molar-refractivity contribution is 7.89. The van der Waals surface area contributed by atoms with Gasteiger partial charge in [0.15, 0.2) is 0 Å². The molecule has 0 aromatic rings. The van der Waals surface area contributed by atoms with Crippen LogP contribution in [0.1, 0.15) is 40.0 Å². The molecule has 4 nitrogen and oxygen atoms in total. The molecule has 0 bridgehead atoms. The van der Waals surface area contributed by atoms with Crippen molar-refractivity contribution in [2.75, 3.05) is 6.54 Å². The monoisotopic (exact) mass is 234 g/mol. The van der Waals surface area contributed by atoms with Crippen molar-refractivity contribution in [3.8, 4) is 0 Å². The normalized spacial score (nSPS) is 26.9. The molecule has 0 aromatic carbocycles. The zero-order valence-electron chi connectivity index (χ0n) is 9.81. The maximum Gasteiger partial charge on any atom is 0.216 e. The summed E-state index contributed by atoms with van der Waals surface area (Å²) in [5.41, 5.74) is 5.85. The van der Waals surface area contributed by atoms with Crippen LogP contribution in [-0.2, 0) is 10.0 Å². The predicted molar refractivity (Wildman–Crippen MR) is 62.1 cm³/mol. The predicted octanol–water partition coefficient (Wildman–Crippen LogP) is 0.926. The number of sulfonamides is 1. The van der Waals surface area contributed by atoms with Crippen molar-refractivity contribution in [1.82, 2.24) is 4.31 Å². The van der Waals surface area contributed by atoms with Gasteiger partial charge in [-0.2, -0.15) is 4.31 Å². The van der Waals surface area contributed by atoms with Crippen molar-refractivity contribution in [2.45, 2.75) is 57.4 Å². The number of piperidine rings is 1. The van der Waals surface area contributed by atoms with E-state index in [1.54, 1.807) is 18.2 Å². The van der Waals surface area contributed by atoms with E-state index in [-0.39, 0.29) is 17.3 Å². The second-order valence-corrected chi connectivity index (χ2v) is 7.07. The van der Waals surface area contributed by atoms with Gasteiger partial charge < -0.3 is 5.73 Å². The highest BCUT2D eigenvalue weighted by Gasteiger charge is 2.35. The Morgan fingerprint density at radius 2 is 1.87 bits per heavy atom. The van der Waals surface area contributed by atoms with Gasteiger partial charge in [-0.05, 0) is 33.6 Å². The number of nitrogens with zero attached hydrogens (tertiary/aromatic N) is 1. The van der Waals surface area contributed by atoms with Crippen molar-refractivity contribution < 1.29 is 8.42 Å². The summed E-state index contributed by atoms with van der Waals surface area (Å²) < 4.78 is 25.8. The Bertz CT molecular complexity index is 299. The largest absolute Gasteiger partial charge is 0.326 e. The molecule has 90 valence electrons. The summed E-state index contributed by atoms with van der Waals surface area (Å²) >= 11 is 0. The quantitative estimate of drug-likeness (QED) is 0.790. The van der Waals surface area contributed by atoms with Crippen molar-refractivity contribution in [2.24, 2.45) is 5.73 Å². The molecular weight excluding hydrogens is 212 g/mol. The first kappa shape index (κ1) is 12.9. The van der Waals surface area contributed by atoms with Crippen LogP contribution in [0.25, 0.3) is 0 Å². The molecule has 2 unspecified atom stereocenters. The van der Waals surface area contributed by atoms with E-state index < -0.39 is 10.0 Å². The van der Waals surface area contributed by atoms with Gasteiger partial charge in [0.2, 0.25) is 10.0 Å². The number of hydrogen-bond donors (Lipinski definition) is 1. The SMILES string of the molecule is CC(N)C1CCCCN1S(=O)(=O)C(C)C. The van der Waals surface area contributed by atoms with Crippen LogP contribution in [0.4, 0.5) is 0 Å². The fraction of sp³-hybridized carbons (Fsp3) is 1.00. The third kappa shape index (κ3) is 2.71. The summed E-state index contributed by atoms with van der Waals surface area (Å²) in [7, 11) is -3.14. The fourth-order valence-corrected chi connectivity index (χ4v) is 3.64. The van der Waals surface area contributed by atoms with Crippen LogP contribution in [0.5, 0.6) is 0 Å². The lowest BCUT2D eigenvalue weighted by atomic mass is 10.00. The molecule has 1 aliphatic heterocycles. The first-order valence-corrected chi connectivity index (χ1v) is 7.14. The average Bonchev–Trinajstić information content (AvgIpc) is 2.17. The van der Waals surface area contributed by atoms with Gasteiger partial charge in [0.25, 0.3) is 0 Å². The van der Waals surface area contributed by atoms with Gasteiger partial charge in [0.05, 0.1) is 5.25 Å². The summed E-state index contributed by atoms with van der Waals surface area (Å²) in [6.07, 6.45) is 2.93. The molecule has 1 saturated heterocycles. The first-order valence-electron chi connectivity index (χ1n) is 5.63. The van der Waals surface area contributed by atoms with Gasteiger partial charge in [-0.25, -0.2) is 8.42 Å².